The van der Waals surface area contributed by atoms with Crippen molar-refractivity contribution in [1.29, 1.82) is 5.26 Å². The molecule has 0 spiro atoms. The lowest BCUT2D eigenvalue weighted by atomic mass is 10.1. The molecule has 0 fully saturated rings. The Morgan fingerprint density at radius 1 is 1.47 bits per heavy atom. The Kier molecular flexibility index (Phi) is 3.79. The van der Waals surface area contributed by atoms with Gasteiger partial charge in [0, 0.05) is 13.1 Å². The number of aryl methyl sites for hydroxylation is 1. The van der Waals surface area contributed by atoms with Crippen molar-refractivity contribution in [1.82, 2.24) is 5.32 Å². The summed E-state index contributed by atoms with van der Waals surface area (Å²) in [6.45, 7) is 4.84. The van der Waals surface area contributed by atoms with Gasteiger partial charge < -0.3 is 10.6 Å². The van der Waals surface area contributed by atoms with E-state index >= 15 is 0 Å². The van der Waals surface area contributed by atoms with Gasteiger partial charge >= 0.3 is 0 Å². The van der Waals surface area contributed by atoms with Crippen LogP contribution in [0.15, 0.2) is 29.8 Å². The van der Waals surface area contributed by atoms with Crippen LogP contribution in [-0.2, 0) is 0 Å². The van der Waals surface area contributed by atoms with Crippen molar-refractivity contribution < 1.29 is 0 Å². The maximum absolute atomic E-state index is 9.07. The molecular formula is C14H17N3. The maximum Gasteiger partial charge on any atom is 0.101 e. The molecular weight excluding hydrogens is 210 g/mol. The molecule has 1 heterocycles. The summed E-state index contributed by atoms with van der Waals surface area (Å²) in [5.74, 6) is 0. The van der Waals surface area contributed by atoms with E-state index < -0.39 is 0 Å². The van der Waals surface area contributed by atoms with Crippen LogP contribution in [0.2, 0.25) is 0 Å². The Balaban J connectivity index is 2.04. The standard InChI is InChI=1S/C14H17N3/c1-11-2-3-14(13(8-11)9-15)17-10-12-4-6-16-7-5-12/h2-4,8,16-17H,5-7,10H2,1H3. The number of nitriles is 1. The fourth-order valence-corrected chi connectivity index (χ4v) is 1.94. The Bertz CT molecular complexity index is 469. The second-order valence-corrected chi connectivity index (χ2v) is 4.33. The zero-order valence-corrected chi connectivity index (χ0v) is 10.1. The average molecular weight is 227 g/mol. The Hall–Kier alpha value is -1.79. The first-order chi connectivity index (χ1) is 8.29. The third-order valence-corrected chi connectivity index (χ3v) is 2.96. The van der Waals surface area contributed by atoms with Gasteiger partial charge in [0.05, 0.1) is 11.3 Å². The molecule has 3 heteroatoms. The number of nitrogens with one attached hydrogen (secondary N) is 2. The van der Waals surface area contributed by atoms with E-state index in [4.69, 9.17) is 5.26 Å². The third kappa shape index (κ3) is 3.08. The largest absolute Gasteiger partial charge is 0.380 e. The first-order valence-electron chi connectivity index (χ1n) is 5.93. The van der Waals surface area contributed by atoms with E-state index in [1.807, 2.05) is 25.1 Å². The Morgan fingerprint density at radius 2 is 2.35 bits per heavy atom. The van der Waals surface area contributed by atoms with Crippen molar-refractivity contribution in [2.45, 2.75) is 13.3 Å². The first kappa shape index (κ1) is 11.7. The van der Waals surface area contributed by atoms with Gasteiger partial charge in [0.1, 0.15) is 6.07 Å². The SMILES string of the molecule is Cc1ccc(NCC2=CCNCC2)c(C#N)c1. The number of anilines is 1. The van der Waals surface area contributed by atoms with Crippen molar-refractivity contribution in [2.75, 3.05) is 25.0 Å². The smallest absolute Gasteiger partial charge is 0.101 e. The highest BCUT2D eigenvalue weighted by atomic mass is 14.9. The van der Waals surface area contributed by atoms with Gasteiger partial charge in [-0.25, -0.2) is 0 Å². The van der Waals surface area contributed by atoms with Gasteiger partial charge in [0.2, 0.25) is 0 Å². The Morgan fingerprint density at radius 3 is 3.06 bits per heavy atom. The zero-order valence-electron chi connectivity index (χ0n) is 10.1. The topological polar surface area (TPSA) is 47.8 Å². The lowest BCUT2D eigenvalue weighted by Crippen LogP contribution is -2.23. The van der Waals surface area contributed by atoms with Crippen molar-refractivity contribution in [2.24, 2.45) is 0 Å². The Labute approximate surface area is 102 Å². The fraction of sp³-hybridized carbons (Fsp3) is 0.357. The van der Waals surface area contributed by atoms with E-state index in [2.05, 4.69) is 22.8 Å². The van der Waals surface area contributed by atoms with Crippen LogP contribution in [0, 0.1) is 18.3 Å². The zero-order chi connectivity index (χ0) is 12.1. The summed E-state index contributed by atoms with van der Waals surface area (Å²) in [6.07, 6.45) is 3.30. The molecule has 0 atom stereocenters. The van der Waals surface area contributed by atoms with Crippen molar-refractivity contribution in [3.8, 4) is 6.07 Å². The molecule has 0 saturated carbocycles. The number of rotatable bonds is 3. The van der Waals surface area contributed by atoms with Gasteiger partial charge in [-0.1, -0.05) is 17.7 Å². The molecule has 1 aromatic rings. The van der Waals surface area contributed by atoms with Crippen LogP contribution in [0.5, 0.6) is 0 Å². The van der Waals surface area contributed by atoms with Gasteiger partial charge in [0.15, 0.2) is 0 Å². The van der Waals surface area contributed by atoms with Gasteiger partial charge in [-0.05, 0) is 37.6 Å². The monoisotopic (exact) mass is 227 g/mol. The minimum Gasteiger partial charge on any atom is -0.380 e. The maximum atomic E-state index is 9.07. The van der Waals surface area contributed by atoms with Gasteiger partial charge in [-0.3, -0.25) is 0 Å². The summed E-state index contributed by atoms with van der Waals surface area (Å²) >= 11 is 0. The van der Waals surface area contributed by atoms with Crippen LogP contribution < -0.4 is 10.6 Å². The highest BCUT2D eigenvalue weighted by molar-refractivity contribution is 5.59. The van der Waals surface area contributed by atoms with Crippen molar-refractivity contribution in [3.63, 3.8) is 0 Å². The molecule has 0 radical (unpaired) electrons. The van der Waals surface area contributed by atoms with E-state index in [9.17, 15) is 0 Å². The molecule has 0 aliphatic carbocycles. The quantitative estimate of drug-likeness (QED) is 0.778. The van der Waals surface area contributed by atoms with Gasteiger partial charge in [-0.2, -0.15) is 5.26 Å². The lowest BCUT2D eigenvalue weighted by molar-refractivity contribution is 0.698. The van der Waals surface area contributed by atoms with Crippen LogP contribution in [-0.4, -0.2) is 19.6 Å². The van der Waals surface area contributed by atoms with Crippen LogP contribution in [0.25, 0.3) is 0 Å². The molecule has 1 aliphatic rings. The highest BCUT2D eigenvalue weighted by Gasteiger charge is 2.05. The molecule has 3 nitrogen and oxygen atoms in total. The fourth-order valence-electron chi connectivity index (χ4n) is 1.94. The third-order valence-electron chi connectivity index (χ3n) is 2.96. The number of hydrogen-bond donors (Lipinski definition) is 2. The van der Waals surface area contributed by atoms with E-state index in [0.717, 1.165) is 42.9 Å². The van der Waals surface area contributed by atoms with E-state index in [0.29, 0.717) is 0 Å². The van der Waals surface area contributed by atoms with Crippen LogP contribution >= 0.6 is 0 Å². The molecule has 0 aromatic heterocycles. The molecule has 17 heavy (non-hydrogen) atoms. The van der Waals surface area contributed by atoms with Crippen LogP contribution in [0.1, 0.15) is 17.5 Å². The second kappa shape index (κ2) is 5.51. The van der Waals surface area contributed by atoms with Crippen molar-refractivity contribution in [3.05, 3.63) is 41.0 Å². The van der Waals surface area contributed by atoms with Crippen LogP contribution in [0.4, 0.5) is 5.69 Å². The van der Waals surface area contributed by atoms with Crippen molar-refractivity contribution >= 4 is 5.69 Å². The molecule has 1 aromatic carbocycles. The molecule has 2 N–H and O–H groups in total. The molecule has 0 unspecified atom stereocenters. The van der Waals surface area contributed by atoms with E-state index in [1.54, 1.807) is 0 Å². The summed E-state index contributed by atoms with van der Waals surface area (Å²) in [5.41, 5.74) is 4.18. The highest BCUT2D eigenvalue weighted by Crippen LogP contribution is 2.17. The normalized spacial score (nSPS) is 14.9. The number of nitrogens with zero attached hydrogens (tertiary/aromatic N) is 1. The van der Waals surface area contributed by atoms with Gasteiger partial charge in [-0.15, -0.1) is 0 Å². The summed E-state index contributed by atoms with van der Waals surface area (Å²) in [4.78, 5) is 0. The minimum atomic E-state index is 0.722. The van der Waals surface area contributed by atoms with E-state index in [-0.39, 0.29) is 0 Å². The molecule has 2 rings (SSSR count). The summed E-state index contributed by atoms with van der Waals surface area (Å²) < 4.78 is 0. The first-order valence-corrected chi connectivity index (χ1v) is 5.93. The summed E-state index contributed by atoms with van der Waals surface area (Å²) in [5, 5.41) is 15.7. The summed E-state index contributed by atoms with van der Waals surface area (Å²) in [6, 6.07) is 8.16. The average Bonchev–Trinajstić information content (AvgIpc) is 2.38. The van der Waals surface area contributed by atoms with Crippen LogP contribution in [0.3, 0.4) is 0 Å². The predicted molar refractivity (Wildman–Crippen MR) is 70.0 cm³/mol. The number of benzene rings is 1. The van der Waals surface area contributed by atoms with E-state index in [1.165, 1.54) is 5.57 Å². The van der Waals surface area contributed by atoms with Gasteiger partial charge in [0.25, 0.3) is 0 Å². The minimum absolute atomic E-state index is 0.722. The summed E-state index contributed by atoms with van der Waals surface area (Å²) in [7, 11) is 0. The molecule has 0 bridgehead atoms. The number of hydrogen-bond acceptors (Lipinski definition) is 3. The lowest BCUT2D eigenvalue weighted by Gasteiger charge is -2.16. The molecule has 0 amide bonds. The predicted octanol–water partition coefficient (Wildman–Crippen LogP) is 2.20. The molecule has 0 saturated heterocycles. The molecule has 1 aliphatic heterocycles. The molecule has 88 valence electrons. The second-order valence-electron chi connectivity index (χ2n) is 4.33.